The molecule has 2 aromatic rings. The first-order valence-corrected chi connectivity index (χ1v) is 8.42. The zero-order valence-corrected chi connectivity index (χ0v) is 15.2. The fourth-order valence-corrected chi connectivity index (χ4v) is 2.33. The number of hydrogen-bond donors (Lipinski definition) is 1. The lowest BCUT2D eigenvalue weighted by Crippen LogP contribution is -2.11. The molecular formula is C19H23N3O4. The minimum atomic E-state index is -0.576. The zero-order chi connectivity index (χ0) is 19.1. The lowest BCUT2D eigenvalue weighted by Gasteiger charge is -2.16. The van der Waals surface area contributed by atoms with Crippen LogP contribution in [0.2, 0.25) is 0 Å². The average molecular weight is 357 g/mol. The van der Waals surface area contributed by atoms with Gasteiger partial charge in [-0.15, -0.1) is 0 Å². The lowest BCUT2D eigenvalue weighted by atomic mass is 10.1. The van der Waals surface area contributed by atoms with E-state index < -0.39 is 10.9 Å². The van der Waals surface area contributed by atoms with E-state index in [4.69, 9.17) is 4.74 Å². The van der Waals surface area contributed by atoms with Gasteiger partial charge in [-0.1, -0.05) is 19.4 Å². The lowest BCUT2D eigenvalue weighted by molar-refractivity contribution is -0.384. The number of nitro benzene ring substituents is 1. The highest BCUT2D eigenvalue weighted by Gasteiger charge is 2.18. The maximum Gasteiger partial charge on any atom is 0.340 e. The van der Waals surface area contributed by atoms with Gasteiger partial charge in [0.05, 0.1) is 22.8 Å². The predicted octanol–water partition coefficient (Wildman–Crippen LogP) is 4.36. The van der Waals surface area contributed by atoms with Gasteiger partial charge in [0.2, 0.25) is 0 Å². The number of nitrogens with one attached hydrogen (secondary N) is 1. The number of non-ortho nitro benzene ring substituents is 1. The second kappa shape index (κ2) is 8.84. The van der Waals surface area contributed by atoms with Crippen LogP contribution in [0.5, 0.6) is 0 Å². The Morgan fingerprint density at radius 1 is 1.23 bits per heavy atom. The third-order valence-corrected chi connectivity index (χ3v) is 3.81. The van der Waals surface area contributed by atoms with Gasteiger partial charge in [-0.25, -0.2) is 4.79 Å². The van der Waals surface area contributed by atoms with Crippen molar-refractivity contribution in [1.82, 2.24) is 0 Å². The molecular weight excluding hydrogens is 334 g/mol. The zero-order valence-electron chi connectivity index (χ0n) is 15.2. The summed E-state index contributed by atoms with van der Waals surface area (Å²) >= 11 is 0. The molecule has 0 radical (unpaired) electrons. The Morgan fingerprint density at radius 2 is 2.00 bits per heavy atom. The van der Waals surface area contributed by atoms with E-state index in [0.29, 0.717) is 5.69 Å². The molecule has 0 spiro atoms. The molecule has 0 fully saturated rings. The summed E-state index contributed by atoms with van der Waals surface area (Å²) in [5, 5.41) is 14.2. The summed E-state index contributed by atoms with van der Waals surface area (Å²) in [5.74, 6) is -0.576. The third kappa shape index (κ3) is 4.95. The molecule has 7 heteroatoms. The van der Waals surface area contributed by atoms with Crippen molar-refractivity contribution in [1.29, 1.82) is 0 Å². The van der Waals surface area contributed by atoms with Crippen molar-refractivity contribution in [3.8, 4) is 0 Å². The van der Waals surface area contributed by atoms with Gasteiger partial charge in [0.1, 0.15) is 0 Å². The number of esters is 1. The molecule has 1 N–H and O–H groups in total. The number of nitro groups is 1. The van der Waals surface area contributed by atoms with Crippen LogP contribution in [0.1, 0.15) is 30.1 Å². The average Bonchev–Trinajstić information content (AvgIpc) is 2.62. The van der Waals surface area contributed by atoms with E-state index in [-0.39, 0.29) is 17.9 Å². The number of benzene rings is 2. The predicted molar refractivity (Wildman–Crippen MR) is 102 cm³/mol. The van der Waals surface area contributed by atoms with Crippen LogP contribution in [0.25, 0.3) is 0 Å². The summed E-state index contributed by atoms with van der Waals surface area (Å²) in [7, 11) is 3.86. The van der Waals surface area contributed by atoms with E-state index in [1.165, 1.54) is 18.2 Å². The molecule has 2 rings (SSSR count). The molecule has 0 atom stereocenters. The topological polar surface area (TPSA) is 84.7 Å². The van der Waals surface area contributed by atoms with E-state index in [1.54, 1.807) is 0 Å². The van der Waals surface area contributed by atoms with Gasteiger partial charge in [0.25, 0.3) is 5.69 Å². The molecule has 0 aromatic heterocycles. The molecule has 0 bridgehead atoms. The molecule has 0 unspecified atom stereocenters. The smallest absolute Gasteiger partial charge is 0.340 e. The molecule has 138 valence electrons. The second-order valence-corrected chi connectivity index (χ2v) is 6.05. The quantitative estimate of drug-likeness (QED) is 0.327. The molecule has 26 heavy (non-hydrogen) atoms. The summed E-state index contributed by atoms with van der Waals surface area (Å²) in [4.78, 5) is 24.9. The molecule has 2 aromatic carbocycles. The summed E-state index contributed by atoms with van der Waals surface area (Å²) in [6.45, 7) is 2.28. The van der Waals surface area contributed by atoms with Gasteiger partial charge in [-0.3, -0.25) is 10.1 Å². The Hall–Kier alpha value is -3.09. The van der Waals surface area contributed by atoms with E-state index in [9.17, 15) is 14.9 Å². The fraction of sp³-hybridized carbons (Fsp3) is 0.316. The first-order chi connectivity index (χ1) is 12.4. The van der Waals surface area contributed by atoms with Crippen LogP contribution >= 0.6 is 0 Å². The third-order valence-electron chi connectivity index (χ3n) is 3.81. The SMILES string of the molecule is CCCCOC(=O)c1cc([N+](=O)[O-])ccc1Nc1cccc(N(C)C)c1. The number of carbonyl (C=O) groups excluding carboxylic acids is 1. The van der Waals surface area contributed by atoms with E-state index in [1.807, 2.05) is 50.2 Å². The van der Waals surface area contributed by atoms with Crippen LogP contribution in [-0.4, -0.2) is 31.6 Å². The van der Waals surface area contributed by atoms with Crippen molar-refractivity contribution in [2.75, 3.05) is 30.9 Å². The summed E-state index contributed by atoms with van der Waals surface area (Å²) in [6, 6.07) is 11.8. The minimum absolute atomic E-state index is 0.144. The van der Waals surface area contributed by atoms with Crippen molar-refractivity contribution in [2.24, 2.45) is 0 Å². The van der Waals surface area contributed by atoms with Crippen molar-refractivity contribution in [3.63, 3.8) is 0 Å². The number of carbonyl (C=O) groups is 1. The normalized spacial score (nSPS) is 10.3. The molecule has 0 amide bonds. The minimum Gasteiger partial charge on any atom is -0.462 e. The Labute approximate surface area is 152 Å². The van der Waals surface area contributed by atoms with Gasteiger partial charge >= 0.3 is 5.97 Å². The number of hydrogen-bond acceptors (Lipinski definition) is 6. The van der Waals surface area contributed by atoms with Crippen molar-refractivity contribution in [2.45, 2.75) is 19.8 Å². The van der Waals surface area contributed by atoms with Gasteiger partial charge in [0.15, 0.2) is 0 Å². The van der Waals surface area contributed by atoms with Crippen LogP contribution < -0.4 is 10.2 Å². The second-order valence-electron chi connectivity index (χ2n) is 6.05. The highest BCUT2D eigenvalue weighted by molar-refractivity contribution is 5.97. The van der Waals surface area contributed by atoms with Gasteiger partial charge in [0, 0.05) is 37.6 Å². The number of nitrogens with zero attached hydrogens (tertiary/aromatic N) is 2. The van der Waals surface area contributed by atoms with Crippen LogP contribution in [-0.2, 0) is 4.74 Å². The van der Waals surface area contributed by atoms with Gasteiger partial charge < -0.3 is 15.0 Å². The van der Waals surface area contributed by atoms with Crippen LogP contribution in [0.4, 0.5) is 22.7 Å². The maximum atomic E-state index is 12.4. The summed E-state index contributed by atoms with van der Waals surface area (Å²) in [5.41, 5.74) is 2.22. The van der Waals surface area contributed by atoms with Crippen LogP contribution in [0.3, 0.4) is 0 Å². The molecule has 0 aliphatic heterocycles. The standard InChI is InChI=1S/C19H23N3O4/c1-4-5-11-26-19(23)17-13-16(22(24)25)9-10-18(17)20-14-7-6-8-15(12-14)21(2)3/h6-10,12-13,20H,4-5,11H2,1-3H3. The molecule has 0 heterocycles. The molecule has 0 saturated heterocycles. The summed E-state index contributed by atoms with van der Waals surface area (Å²) < 4.78 is 5.23. The highest BCUT2D eigenvalue weighted by atomic mass is 16.6. The van der Waals surface area contributed by atoms with Crippen LogP contribution in [0.15, 0.2) is 42.5 Å². The van der Waals surface area contributed by atoms with Crippen molar-refractivity contribution in [3.05, 3.63) is 58.1 Å². The Bertz CT molecular complexity index is 790. The van der Waals surface area contributed by atoms with E-state index in [0.717, 1.165) is 24.2 Å². The Balaban J connectivity index is 2.33. The van der Waals surface area contributed by atoms with Gasteiger partial charge in [-0.2, -0.15) is 0 Å². The van der Waals surface area contributed by atoms with E-state index in [2.05, 4.69) is 5.32 Å². The highest BCUT2D eigenvalue weighted by Crippen LogP contribution is 2.27. The molecule has 0 saturated carbocycles. The number of rotatable bonds is 8. The first kappa shape index (κ1) is 19.2. The molecule has 0 aliphatic rings. The number of anilines is 3. The Kier molecular flexibility index (Phi) is 6.54. The maximum absolute atomic E-state index is 12.4. The van der Waals surface area contributed by atoms with Crippen molar-refractivity contribution >= 4 is 28.7 Å². The van der Waals surface area contributed by atoms with E-state index >= 15 is 0 Å². The van der Waals surface area contributed by atoms with Crippen molar-refractivity contribution < 1.29 is 14.5 Å². The number of unbranched alkanes of at least 4 members (excludes halogenated alkanes) is 1. The largest absolute Gasteiger partial charge is 0.462 e. The molecule has 0 aliphatic carbocycles. The monoisotopic (exact) mass is 357 g/mol. The Morgan fingerprint density at radius 3 is 2.65 bits per heavy atom. The first-order valence-electron chi connectivity index (χ1n) is 8.42. The molecule has 7 nitrogen and oxygen atoms in total. The van der Waals surface area contributed by atoms with Crippen LogP contribution in [0, 0.1) is 10.1 Å². The van der Waals surface area contributed by atoms with Gasteiger partial charge in [-0.05, 0) is 30.7 Å². The fourth-order valence-electron chi connectivity index (χ4n) is 2.33. The number of ether oxygens (including phenoxy) is 1. The summed E-state index contributed by atoms with van der Waals surface area (Å²) in [6.07, 6.45) is 1.64.